The second-order valence-corrected chi connectivity index (χ2v) is 3.28. The Hall–Kier alpha value is -2.23. The SMILES string of the molecule is COC(=O)c1cc[nH]c1-c1ccccc1O. The lowest BCUT2D eigenvalue weighted by Crippen LogP contribution is -2.01. The van der Waals surface area contributed by atoms with Gasteiger partial charge in [-0.25, -0.2) is 4.79 Å². The summed E-state index contributed by atoms with van der Waals surface area (Å²) in [6.45, 7) is 0. The Morgan fingerprint density at radius 1 is 1.31 bits per heavy atom. The van der Waals surface area contributed by atoms with Crippen LogP contribution in [0.1, 0.15) is 10.4 Å². The van der Waals surface area contributed by atoms with Gasteiger partial charge < -0.3 is 14.8 Å². The van der Waals surface area contributed by atoms with Crippen LogP contribution in [0.2, 0.25) is 0 Å². The summed E-state index contributed by atoms with van der Waals surface area (Å²) in [7, 11) is 1.32. The number of hydrogen-bond donors (Lipinski definition) is 2. The fourth-order valence-corrected chi connectivity index (χ4v) is 1.56. The van der Waals surface area contributed by atoms with Gasteiger partial charge >= 0.3 is 5.97 Å². The van der Waals surface area contributed by atoms with Crippen LogP contribution in [-0.4, -0.2) is 23.2 Å². The summed E-state index contributed by atoms with van der Waals surface area (Å²) in [5.74, 6) is -0.311. The molecule has 4 heteroatoms. The van der Waals surface area contributed by atoms with E-state index in [1.54, 1.807) is 36.5 Å². The molecule has 4 nitrogen and oxygen atoms in total. The van der Waals surface area contributed by atoms with E-state index in [4.69, 9.17) is 0 Å². The number of esters is 1. The minimum absolute atomic E-state index is 0.120. The van der Waals surface area contributed by atoms with E-state index in [1.807, 2.05) is 0 Å². The van der Waals surface area contributed by atoms with Crippen molar-refractivity contribution in [1.29, 1.82) is 0 Å². The van der Waals surface area contributed by atoms with Crippen molar-refractivity contribution in [3.63, 3.8) is 0 Å². The van der Waals surface area contributed by atoms with E-state index < -0.39 is 5.97 Å². The van der Waals surface area contributed by atoms with Gasteiger partial charge in [0, 0.05) is 11.8 Å². The molecule has 0 amide bonds. The van der Waals surface area contributed by atoms with E-state index in [1.165, 1.54) is 7.11 Å². The van der Waals surface area contributed by atoms with Crippen LogP contribution in [0.25, 0.3) is 11.3 Å². The molecule has 0 fully saturated rings. The minimum Gasteiger partial charge on any atom is -0.507 e. The molecule has 2 rings (SSSR count). The van der Waals surface area contributed by atoms with Gasteiger partial charge in [-0.1, -0.05) is 12.1 Å². The molecular formula is C12H11NO3. The highest BCUT2D eigenvalue weighted by Gasteiger charge is 2.16. The third-order valence-electron chi connectivity index (χ3n) is 2.33. The topological polar surface area (TPSA) is 62.3 Å². The van der Waals surface area contributed by atoms with Crippen LogP contribution in [-0.2, 0) is 4.74 Å². The first kappa shape index (κ1) is 10.3. The molecule has 0 atom stereocenters. The van der Waals surface area contributed by atoms with Crippen LogP contribution in [0.4, 0.5) is 0 Å². The monoisotopic (exact) mass is 217 g/mol. The first-order valence-corrected chi connectivity index (χ1v) is 4.78. The maximum absolute atomic E-state index is 11.5. The number of ether oxygens (including phenoxy) is 1. The van der Waals surface area contributed by atoms with Gasteiger partial charge in [0.25, 0.3) is 0 Å². The van der Waals surface area contributed by atoms with Crippen molar-refractivity contribution in [2.45, 2.75) is 0 Å². The summed E-state index contributed by atoms with van der Waals surface area (Å²) in [6.07, 6.45) is 1.63. The Morgan fingerprint density at radius 3 is 2.75 bits per heavy atom. The molecule has 0 aliphatic rings. The average Bonchev–Trinajstić information content (AvgIpc) is 2.77. The number of rotatable bonds is 2. The highest BCUT2D eigenvalue weighted by atomic mass is 16.5. The zero-order valence-corrected chi connectivity index (χ0v) is 8.73. The van der Waals surface area contributed by atoms with Gasteiger partial charge in [0.15, 0.2) is 0 Å². The van der Waals surface area contributed by atoms with E-state index in [-0.39, 0.29) is 5.75 Å². The van der Waals surface area contributed by atoms with Crippen LogP contribution in [0.5, 0.6) is 5.75 Å². The number of hydrogen-bond acceptors (Lipinski definition) is 3. The number of carbonyl (C=O) groups excluding carboxylic acids is 1. The summed E-state index contributed by atoms with van der Waals surface area (Å²) < 4.78 is 4.66. The minimum atomic E-state index is -0.431. The quantitative estimate of drug-likeness (QED) is 0.758. The first-order valence-electron chi connectivity index (χ1n) is 4.78. The number of aromatic hydroxyl groups is 1. The second-order valence-electron chi connectivity index (χ2n) is 3.28. The molecule has 0 aliphatic carbocycles. The largest absolute Gasteiger partial charge is 0.507 e. The first-order chi connectivity index (χ1) is 7.74. The molecule has 0 saturated carbocycles. The fraction of sp³-hybridized carbons (Fsp3) is 0.0833. The van der Waals surface area contributed by atoms with Gasteiger partial charge in [-0.15, -0.1) is 0 Å². The van der Waals surface area contributed by atoms with Crippen LogP contribution in [0, 0.1) is 0 Å². The summed E-state index contributed by atoms with van der Waals surface area (Å²) in [5, 5.41) is 9.69. The molecule has 0 aliphatic heterocycles. The van der Waals surface area contributed by atoms with Crippen molar-refractivity contribution in [3.8, 4) is 17.0 Å². The van der Waals surface area contributed by atoms with Crippen LogP contribution in [0.15, 0.2) is 36.5 Å². The summed E-state index contributed by atoms with van der Waals surface area (Å²) in [5.41, 5.74) is 1.54. The van der Waals surface area contributed by atoms with Gasteiger partial charge in [0.05, 0.1) is 18.4 Å². The summed E-state index contributed by atoms with van der Waals surface area (Å²) in [4.78, 5) is 14.4. The van der Waals surface area contributed by atoms with Gasteiger partial charge in [-0.05, 0) is 18.2 Å². The van der Waals surface area contributed by atoms with Crippen molar-refractivity contribution in [2.24, 2.45) is 0 Å². The molecule has 82 valence electrons. The molecular weight excluding hydrogens is 206 g/mol. The lowest BCUT2D eigenvalue weighted by atomic mass is 10.1. The molecule has 2 aromatic rings. The Bertz CT molecular complexity index is 516. The van der Waals surface area contributed by atoms with E-state index in [0.29, 0.717) is 16.8 Å². The zero-order valence-electron chi connectivity index (χ0n) is 8.73. The van der Waals surface area contributed by atoms with Gasteiger partial charge in [-0.3, -0.25) is 0 Å². The Kier molecular flexibility index (Phi) is 2.64. The Morgan fingerprint density at radius 2 is 2.06 bits per heavy atom. The number of methoxy groups -OCH3 is 1. The molecule has 1 heterocycles. The van der Waals surface area contributed by atoms with Gasteiger partial charge in [-0.2, -0.15) is 0 Å². The van der Waals surface area contributed by atoms with Crippen LogP contribution < -0.4 is 0 Å². The third kappa shape index (κ3) is 1.65. The standard InChI is InChI=1S/C12H11NO3/c1-16-12(15)9-6-7-13-11(9)8-4-2-3-5-10(8)14/h2-7,13-14H,1H3. The van der Waals surface area contributed by atoms with E-state index in [0.717, 1.165) is 0 Å². The second kappa shape index (κ2) is 4.10. The molecule has 0 radical (unpaired) electrons. The number of H-pyrrole nitrogens is 1. The lowest BCUT2D eigenvalue weighted by Gasteiger charge is -2.04. The number of aromatic nitrogens is 1. The predicted octanol–water partition coefficient (Wildman–Crippen LogP) is 2.17. The lowest BCUT2D eigenvalue weighted by molar-refractivity contribution is 0.0602. The number of aromatic amines is 1. The fourth-order valence-electron chi connectivity index (χ4n) is 1.56. The number of para-hydroxylation sites is 1. The van der Waals surface area contributed by atoms with Crippen LogP contribution >= 0.6 is 0 Å². The molecule has 1 aromatic carbocycles. The molecule has 0 spiro atoms. The number of benzene rings is 1. The molecule has 16 heavy (non-hydrogen) atoms. The maximum atomic E-state index is 11.5. The number of phenolic OH excluding ortho intramolecular Hbond substituents is 1. The number of carbonyl (C=O) groups is 1. The average molecular weight is 217 g/mol. The molecule has 1 aromatic heterocycles. The smallest absolute Gasteiger partial charge is 0.340 e. The van der Waals surface area contributed by atoms with Crippen LogP contribution in [0.3, 0.4) is 0 Å². The molecule has 0 saturated heterocycles. The molecule has 0 bridgehead atoms. The number of nitrogens with one attached hydrogen (secondary N) is 1. The molecule has 0 unspecified atom stereocenters. The van der Waals surface area contributed by atoms with E-state index in [9.17, 15) is 9.90 Å². The van der Waals surface area contributed by atoms with Crippen molar-refractivity contribution in [3.05, 3.63) is 42.1 Å². The maximum Gasteiger partial charge on any atom is 0.340 e. The predicted molar refractivity (Wildman–Crippen MR) is 59.2 cm³/mol. The Balaban J connectivity index is 2.53. The summed E-state index contributed by atoms with van der Waals surface area (Å²) in [6, 6.07) is 8.43. The van der Waals surface area contributed by atoms with E-state index in [2.05, 4.69) is 9.72 Å². The highest BCUT2D eigenvalue weighted by molar-refractivity contribution is 5.97. The summed E-state index contributed by atoms with van der Waals surface area (Å²) >= 11 is 0. The van der Waals surface area contributed by atoms with Crippen molar-refractivity contribution in [2.75, 3.05) is 7.11 Å². The number of phenols is 1. The molecule has 2 N–H and O–H groups in total. The Labute approximate surface area is 92.5 Å². The van der Waals surface area contributed by atoms with Crippen molar-refractivity contribution in [1.82, 2.24) is 4.98 Å². The van der Waals surface area contributed by atoms with Crippen molar-refractivity contribution < 1.29 is 14.6 Å². The van der Waals surface area contributed by atoms with Crippen molar-refractivity contribution >= 4 is 5.97 Å². The highest BCUT2D eigenvalue weighted by Crippen LogP contribution is 2.30. The normalized spacial score (nSPS) is 10.1. The van der Waals surface area contributed by atoms with E-state index >= 15 is 0 Å². The zero-order chi connectivity index (χ0) is 11.5. The van der Waals surface area contributed by atoms with Gasteiger partial charge in [0.1, 0.15) is 5.75 Å². The van der Waals surface area contributed by atoms with Gasteiger partial charge in [0.2, 0.25) is 0 Å². The third-order valence-corrected chi connectivity index (χ3v) is 2.33.